The molecule has 6 heteroatoms. The maximum Gasteiger partial charge on any atom is 0.329 e. The average molecular weight is 235 g/mol. The van der Waals surface area contributed by atoms with Crippen LogP contribution in [0.1, 0.15) is 6.42 Å². The lowest BCUT2D eigenvalue weighted by molar-refractivity contribution is -0.120. The number of nitrogens with two attached hydrogens (primary N) is 1. The van der Waals surface area contributed by atoms with E-state index in [2.05, 4.69) is 5.32 Å². The highest BCUT2D eigenvalue weighted by Crippen LogP contribution is 2.29. The van der Waals surface area contributed by atoms with Gasteiger partial charge in [-0.05, 0) is 12.1 Å². The zero-order valence-corrected chi connectivity index (χ0v) is 9.34. The van der Waals surface area contributed by atoms with Gasteiger partial charge in [0.1, 0.15) is 5.75 Å². The van der Waals surface area contributed by atoms with Crippen LogP contribution in [0.3, 0.4) is 0 Å². The fourth-order valence-electron chi connectivity index (χ4n) is 1.78. The van der Waals surface area contributed by atoms with Crippen molar-refractivity contribution in [2.45, 2.75) is 12.6 Å². The van der Waals surface area contributed by atoms with E-state index in [1.165, 1.54) is 12.0 Å². The third-order valence-corrected chi connectivity index (χ3v) is 2.54. The summed E-state index contributed by atoms with van der Waals surface area (Å²) in [6.45, 7) is 0. The molecule has 1 aliphatic rings. The van der Waals surface area contributed by atoms with E-state index < -0.39 is 12.2 Å². The van der Waals surface area contributed by atoms with E-state index in [1.54, 1.807) is 24.3 Å². The zero-order chi connectivity index (χ0) is 12.4. The fraction of sp³-hybridized carbons (Fsp3) is 0.273. The normalized spacial score (nSPS) is 20.1. The Labute approximate surface area is 98.3 Å². The van der Waals surface area contributed by atoms with Gasteiger partial charge in [0, 0.05) is 0 Å². The predicted molar refractivity (Wildman–Crippen MR) is 61.6 cm³/mol. The number of methoxy groups -OCH3 is 1. The number of ether oxygens (including phenoxy) is 1. The summed E-state index contributed by atoms with van der Waals surface area (Å²) in [5, 5.41) is 2.22. The van der Waals surface area contributed by atoms with Gasteiger partial charge in [0.2, 0.25) is 5.91 Å². The minimum atomic E-state index is -0.674. The number of carbonyl (C=O) groups excluding carboxylic acids is 2. The Morgan fingerprint density at radius 3 is 2.76 bits per heavy atom. The number of benzene rings is 1. The van der Waals surface area contributed by atoms with Crippen molar-refractivity contribution in [2.75, 3.05) is 12.0 Å². The number of amides is 3. The summed E-state index contributed by atoms with van der Waals surface area (Å²) in [5.74, 6) is 0.168. The molecule has 0 radical (unpaired) electrons. The first kappa shape index (κ1) is 11.4. The number of hydrogen-bond donors (Lipinski definition) is 2. The topological polar surface area (TPSA) is 84.7 Å². The number of urea groups is 1. The van der Waals surface area contributed by atoms with Crippen LogP contribution in [-0.4, -0.2) is 25.2 Å². The van der Waals surface area contributed by atoms with Gasteiger partial charge in [-0.3, -0.25) is 15.0 Å². The third kappa shape index (κ3) is 2.07. The van der Waals surface area contributed by atoms with Gasteiger partial charge in [-0.15, -0.1) is 0 Å². The number of para-hydroxylation sites is 2. The van der Waals surface area contributed by atoms with Gasteiger partial charge >= 0.3 is 6.03 Å². The molecule has 1 aliphatic heterocycles. The number of hydrogen-bond acceptors (Lipinski definition) is 4. The first-order valence-corrected chi connectivity index (χ1v) is 5.15. The van der Waals surface area contributed by atoms with E-state index in [0.29, 0.717) is 11.4 Å². The highest BCUT2D eigenvalue weighted by atomic mass is 16.5. The summed E-state index contributed by atoms with van der Waals surface area (Å²) < 4.78 is 5.16. The maximum absolute atomic E-state index is 11.7. The molecule has 0 aliphatic carbocycles. The molecule has 0 bridgehead atoms. The zero-order valence-electron chi connectivity index (χ0n) is 9.34. The second kappa shape index (κ2) is 4.42. The Morgan fingerprint density at radius 1 is 1.41 bits per heavy atom. The van der Waals surface area contributed by atoms with Crippen LogP contribution in [0.4, 0.5) is 10.5 Å². The van der Waals surface area contributed by atoms with Crippen molar-refractivity contribution < 1.29 is 14.3 Å². The number of rotatable bonds is 2. The molecule has 0 aromatic heterocycles. The minimum absolute atomic E-state index is 0.0732. The molecule has 1 aromatic carbocycles. The summed E-state index contributed by atoms with van der Waals surface area (Å²) >= 11 is 0. The molecular weight excluding hydrogens is 222 g/mol. The van der Waals surface area contributed by atoms with Crippen LogP contribution >= 0.6 is 0 Å². The van der Waals surface area contributed by atoms with Gasteiger partial charge in [-0.2, -0.15) is 0 Å². The van der Waals surface area contributed by atoms with Crippen molar-refractivity contribution in [2.24, 2.45) is 5.73 Å². The molecule has 1 heterocycles. The molecule has 0 spiro atoms. The fourth-order valence-corrected chi connectivity index (χ4v) is 1.78. The molecule has 2 rings (SSSR count). The Balaban J connectivity index is 2.38. The van der Waals surface area contributed by atoms with Gasteiger partial charge in [0.15, 0.2) is 0 Å². The van der Waals surface area contributed by atoms with Crippen molar-refractivity contribution in [3.05, 3.63) is 24.3 Å². The standard InChI is InChI=1S/C11H13N3O3/c1-17-8-5-3-2-4-7(8)14-9(12)6-10(15)13-11(14)16/h2-5,9H,6,12H2,1H3,(H,13,15,16). The maximum atomic E-state index is 11.7. The van der Waals surface area contributed by atoms with Gasteiger partial charge in [0.25, 0.3) is 0 Å². The second-order valence-corrected chi connectivity index (χ2v) is 3.67. The van der Waals surface area contributed by atoms with Crippen LogP contribution in [0.15, 0.2) is 24.3 Å². The quantitative estimate of drug-likeness (QED) is 0.778. The van der Waals surface area contributed by atoms with Gasteiger partial charge in [-0.25, -0.2) is 4.79 Å². The molecule has 1 aromatic rings. The smallest absolute Gasteiger partial charge is 0.329 e. The van der Waals surface area contributed by atoms with Crippen LogP contribution < -0.4 is 20.7 Å². The van der Waals surface area contributed by atoms with E-state index in [9.17, 15) is 9.59 Å². The van der Waals surface area contributed by atoms with E-state index in [4.69, 9.17) is 10.5 Å². The number of nitrogens with zero attached hydrogens (tertiary/aromatic N) is 1. The van der Waals surface area contributed by atoms with E-state index in [0.717, 1.165) is 0 Å². The lowest BCUT2D eigenvalue weighted by Gasteiger charge is -2.33. The molecular formula is C11H13N3O3. The van der Waals surface area contributed by atoms with Crippen molar-refractivity contribution in [3.8, 4) is 5.75 Å². The second-order valence-electron chi connectivity index (χ2n) is 3.67. The summed E-state index contributed by atoms with van der Waals surface area (Å²) in [7, 11) is 1.51. The lowest BCUT2D eigenvalue weighted by atomic mass is 10.2. The Kier molecular flexibility index (Phi) is 2.97. The van der Waals surface area contributed by atoms with Crippen LogP contribution in [0.25, 0.3) is 0 Å². The first-order chi connectivity index (χ1) is 8.13. The average Bonchev–Trinajstić information content (AvgIpc) is 2.28. The summed E-state index contributed by atoms with van der Waals surface area (Å²) in [6, 6.07) is 6.48. The van der Waals surface area contributed by atoms with Gasteiger partial charge < -0.3 is 10.5 Å². The number of anilines is 1. The van der Waals surface area contributed by atoms with E-state index in [1.807, 2.05) is 0 Å². The van der Waals surface area contributed by atoms with Crippen molar-refractivity contribution >= 4 is 17.6 Å². The third-order valence-electron chi connectivity index (χ3n) is 2.54. The monoisotopic (exact) mass is 235 g/mol. The van der Waals surface area contributed by atoms with Crippen molar-refractivity contribution in [1.82, 2.24) is 5.32 Å². The molecule has 1 unspecified atom stereocenters. The van der Waals surface area contributed by atoms with Gasteiger partial charge in [-0.1, -0.05) is 12.1 Å². The largest absolute Gasteiger partial charge is 0.495 e. The highest BCUT2D eigenvalue weighted by molar-refractivity contribution is 6.06. The molecule has 6 nitrogen and oxygen atoms in total. The summed E-state index contributed by atoms with van der Waals surface area (Å²) in [5.41, 5.74) is 6.35. The molecule has 3 N–H and O–H groups in total. The Hall–Kier alpha value is -2.08. The molecule has 1 atom stereocenters. The first-order valence-electron chi connectivity index (χ1n) is 5.15. The van der Waals surface area contributed by atoms with E-state index >= 15 is 0 Å². The van der Waals surface area contributed by atoms with Crippen molar-refractivity contribution in [1.29, 1.82) is 0 Å². The van der Waals surface area contributed by atoms with Crippen LogP contribution in [0.5, 0.6) is 5.75 Å². The number of imide groups is 1. The lowest BCUT2D eigenvalue weighted by Crippen LogP contribution is -2.58. The van der Waals surface area contributed by atoms with Crippen LogP contribution in [-0.2, 0) is 4.79 Å². The van der Waals surface area contributed by atoms with Crippen LogP contribution in [0, 0.1) is 0 Å². The molecule has 90 valence electrons. The number of nitrogens with one attached hydrogen (secondary N) is 1. The summed E-state index contributed by atoms with van der Waals surface area (Å²) in [4.78, 5) is 24.2. The molecule has 3 amide bonds. The van der Waals surface area contributed by atoms with Crippen molar-refractivity contribution in [3.63, 3.8) is 0 Å². The minimum Gasteiger partial charge on any atom is -0.495 e. The highest BCUT2D eigenvalue weighted by Gasteiger charge is 2.32. The molecule has 1 fully saturated rings. The number of carbonyl (C=O) groups is 2. The predicted octanol–water partition coefficient (Wildman–Crippen LogP) is 0.426. The SMILES string of the molecule is COc1ccccc1N1C(=O)NC(=O)CC1N. The molecule has 1 saturated heterocycles. The Morgan fingerprint density at radius 2 is 2.12 bits per heavy atom. The van der Waals surface area contributed by atoms with E-state index in [-0.39, 0.29) is 12.3 Å². The molecule has 0 saturated carbocycles. The molecule has 17 heavy (non-hydrogen) atoms. The van der Waals surface area contributed by atoms with Crippen LogP contribution in [0.2, 0.25) is 0 Å². The van der Waals surface area contributed by atoms with Gasteiger partial charge in [0.05, 0.1) is 25.4 Å². The summed E-state index contributed by atoms with van der Waals surface area (Å²) in [6.07, 6.45) is -0.600. The Bertz CT molecular complexity index is 461.